The maximum atomic E-state index is 12.0. The number of esters is 1. The predicted octanol–water partition coefficient (Wildman–Crippen LogP) is 9.39. The lowest BCUT2D eigenvalue weighted by molar-refractivity contribution is -0.158. The third kappa shape index (κ3) is 21.9. The maximum Gasteiger partial charge on any atom is 0.311 e. The standard InChI is InChI=1S/C30H60O4/c1-7-9-11-13-17-21-25-32-28(33-26-22-18-14-12-10-8-2)24-20-16-15-19-23-27(3)34-29(31)30(4,5)6/h27-28H,7-26H2,1-6H3. The minimum atomic E-state index is -0.422. The van der Waals surface area contributed by atoms with Crippen LogP contribution in [-0.4, -0.2) is 31.6 Å². The molecule has 0 aliphatic heterocycles. The summed E-state index contributed by atoms with van der Waals surface area (Å²) in [4.78, 5) is 12.0. The van der Waals surface area contributed by atoms with Gasteiger partial charge in [0.1, 0.15) is 0 Å². The lowest BCUT2D eigenvalue weighted by atomic mass is 9.97. The number of hydrogen-bond acceptors (Lipinski definition) is 4. The van der Waals surface area contributed by atoms with E-state index >= 15 is 0 Å². The molecule has 0 aliphatic rings. The Balaban J connectivity index is 4.03. The number of ether oxygens (including phenoxy) is 3. The molecule has 0 radical (unpaired) electrons. The van der Waals surface area contributed by atoms with Crippen LogP contribution in [0.25, 0.3) is 0 Å². The van der Waals surface area contributed by atoms with Crippen molar-refractivity contribution < 1.29 is 19.0 Å². The van der Waals surface area contributed by atoms with Gasteiger partial charge in [0.05, 0.1) is 11.5 Å². The fraction of sp³-hybridized carbons (Fsp3) is 0.967. The molecule has 0 fully saturated rings. The monoisotopic (exact) mass is 484 g/mol. The third-order valence-corrected chi connectivity index (χ3v) is 6.32. The van der Waals surface area contributed by atoms with Crippen molar-refractivity contribution >= 4 is 5.97 Å². The number of hydrogen-bond donors (Lipinski definition) is 0. The zero-order chi connectivity index (χ0) is 25.5. The van der Waals surface area contributed by atoms with Crippen molar-refractivity contribution in [1.29, 1.82) is 0 Å². The van der Waals surface area contributed by atoms with E-state index < -0.39 is 5.41 Å². The molecule has 204 valence electrons. The minimum absolute atomic E-state index is 0.000734. The van der Waals surface area contributed by atoms with E-state index in [0.29, 0.717) is 0 Å². The number of rotatable bonds is 24. The van der Waals surface area contributed by atoms with E-state index in [1.807, 2.05) is 27.7 Å². The molecule has 0 amide bonds. The van der Waals surface area contributed by atoms with Gasteiger partial charge in [-0.25, -0.2) is 0 Å². The van der Waals surface area contributed by atoms with Crippen LogP contribution in [0.15, 0.2) is 0 Å². The van der Waals surface area contributed by atoms with Crippen molar-refractivity contribution in [3.63, 3.8) is 0 Å². The Bertz CT molecular complexity index is 426. The number of unbranched alkanes of at least 4 members (excludes halogenated alkanes) is 13. The average Bonchev–Trinajstić information content (AvgIpc) is 2.78. The number of carbonyl (C=O) groups is 1. The topological polar surface area (TPSA) is 44.8 Å². The zero-order valence-corrected chi connectivity index (χ0v) is 23.9. The normalized spacial score (nSPS) is 12.9. The lowest BCUT2D eigenvalue weighted by Gasteiger charge is -2.21. The molecular weight excluding hydrogens is 424 g/mol. The summed E-state index contributed by atoms with van der Waals surface area (Å²) in [6.45, 7) is 13.9. The van der Waals surface area contributed by atoms with Crippen LogP contribution in [0.4, 0.5) is 0 Å². The molecule has 0 bridgehead atoms. The highest BCUT2D eigenvalue weighted by atomic mass is 16.7. The highest BCUT2D eigenvalue weighted by Crippen LogP contribution is 2.19. The molecule has 1 unspecified atom stereocenters. The first kappa shape index (κ1) is 33.4. The summed E-state index contributed by atoms with van der Waals surface area (Å²) in [5.41, 5.74) is -0.422. The van der Waals surface area contributed by atoms with Gasteiger partial charge in [-0.05, 0) is 66.2 Å². The SMILES string of the molecule is CCCCCCCCOC(CCCCCCC(C)OC(=O)C(C)(C)C)OCCCCCCCC. The summed E-state index contributed by atoms with van der Waals surface area (Å²) in [5, 5.41) is 0. The van der Waals surface area contributed by atoms with Gasteiger partial charge in [-0.15, -0.1) is 0 Å². The van der Waals surface area contributed by atoms with Crippen molar-refractivity contribution in [2.45, 2.75) is 170 Å². The van der Waals surface area contributed by atoms with Crippen molar-refractivity contribution in [3.8, 4) is 0 Å². The molecule has 0 aliphatic carbocycles. The van der Waals surface area contributed by atoms with E-state index in [4.69, 9.17) is 14.2 Å². The summed E-state index contributed by atoms with van der Waals surface area (Å²) in [6, 6.07) is 0. The summed E-state index contributed by atoms with van der Waals surface area (Å²) in [6.07, 6.45) is 21.9. The Kier molecular flexibility index (Phi) is 22.4. The fourth-order valence-corrected chi connectivity index (χ4v) is 3.92. The Labute approximate surface area is 213 Å². The van der Waals surface area contributed by atoms with Gasteiger partial charge in [0, 0.05) is 13.2 Å². The minimum Gasteiger partial charge on any atom is -0.462 e. The second-order valence-electron chi connectivity index (χ2n) is 11.2. The molecular formula is C30H60O4. The Morgan fingerprint density at radius 3 is 1.50 bits per heavy atom. The Morgan fingerprint density at radius 2 is 1.03 bits per heavy atom. The van der Waals surface area contributed by atoms with Gasteiger partial charge in [-0.3, -0.25) is 4.79 Å². The van der Waals surface area contributed by atoms with E-state index in [1.54, 1.807) is 0 Å². The summed E-state index contributed by atoms with van der Waals surface area (Å²) < 4.78 is 17.8. The molecule has 0 rings (SSSR count). The first-order valence-corrected chi connectivity index (χ1v) is 14.8. The molecule has 34 heavy (non-hydrogen) atoms. The van der Waals surface area contributed by atoms with Crippen LogP contribution >= 0.6 is 0 Å². The molecule has 0 saturated heterocycles. The van der Waals surface area contributed by atoms with Gasteiger partial charge in [0.25, 0.3) is 0 Å². The van der Waals surface area contributed by atoms with Crippen LogP contribution in [-0.2, 0) is 19.0 Å². The second-order valence-corrected chi connectivity index (χ2v) is 11.2. The van der Waals surface area contributed by atoms with Crippen LogP contribution in [0.2, 0.25) is 0 Å². The predicted molar refractivity (Wildman–Crippen MR) is 145 cm³/mol. The molecule has 0 aromatic carbocycles. The van der Waals surface area contributed by atoms with Gasteiger partial charge in [0.2, 0.25) is 0 Å². The first-order chi connectivity index (χ1) is 16.3. The molecule has 0 aromatic heterocycles. The van der Waals surface area contributed by atoms with Crippen molar-refractivity contribution in [3.05, 3.63) is 0 Å². The molecule has 4 heteroatoms. The van der Waals surface area contributed by atoms with Crippen molar-refractivity contribution in [1.82, 2.24) is 0 Å². The number of carbonyl (C=O) groups excluding carboxylic acids is 1. The highest BCUT2D eigenvalue weighted by molar-refractivity contribution is 5.75. The molecule has 1 atom stereocenters. The van der Waals surface area contributed by atoms with Gasteiger partial charge in [-0.1, -0.05) is 90.9 Å². The Morgan fingerprint density at radius 1 is 0.618 bits per heavy atom. The molecule has 0 spiro atoms. The highest BCUT2D eigenvalue weighted by Gasteiger charge is 2.24. The van der Waals surface area contributed by atoms with E-state index in [-0.39, 0.29) is 18.4 Å². The molecule has 4 nitrogen and oxygen atoms in total. The van der Waals surface area contributed by atoms with E-state index in [2.05, 4.69) is 13.8 Å². The smallest absolute Gasteiger partial charge is 0.311 e. The van der Waals surface area contributed by atoms with E-state index in [1.165, 1.54) is 77.0 Å². The first-order valence-electron chi connectivity index (χ1n) is 14.8. The second kappa shape index (κ2) is 22.8. The van der Waals surface area contributed by atoms with Gasteiger partial charge in [-0.2, -0.15) is 0 Å². The van der Waals surface area contributed by atoms with Crippen molar-refractivity contribution in [2.75, 3.05) is 13.2 Å². The van der Waals surface area contributed by atoms with Gasteiger partial charge >= 0.3 is 5.97 Å². The molecule has 0 heterocycles. The molecule has 0 aromatic rings. The van der Waals surface area contributed by atoms with Crippen molar-refractivity contribution in [2.24, 2.45) is 5.41 Å². The summed E-state index contributed by atoms with van der Waals surface area (Å²) >= 11 is 0. The van der Waals surface area contributed by atoms with Crippen LogP contribution in [0, 0.1) is 5.41 Å². The lowest BCUT2D eigenvalue weighted by Crippen LogP contribution is -2.26. The maximum absolute atomic E-state index is 12.0. The molecule has 0 N–H and O–H groups in total. The quantitative estimate of drug-likeness (QED) is 0.0777. The molecule has 0 saturated carbocycles. The Hall–Kier alpha value is -0.610. The van der Waals surface area contributed by atoms with Gasteiger partial charge < -0.3 is 14.2 Å². The fourth-order valence-electron chi connectivity index (χ4n) is 3.92. The van der Waals surface area contributed by atoms with Crippen LogP contribution in [0.5, 0.6) is 0 Å². The average molecular weight is 485 g/mol. The summed E-state index contributed by atoms with van der Waals surface area (Å²) in [5.74, 6) is -0.104. The van der Waals surface area contributed by atoms with Crippen LogP contribution < -0.4 is 0 Å². The van der Waals surface area contributed by atoms with Gasteiger partial charge in [0.15, 0.2) is 6.29 Å². The van der Waals surface area contributed by atoms with Crippen LogP contribution in [0.3, 0.4) is 0 Å². The summed E-state index contributed by atoms with van der Waals surface area (Å²) in [7, 11) is 0. The van der Waals surface area contributed by atoms with E-state index in [0.717, 1.165) is 51.7 Å². The van der Waals surface area contributed by atoms with E-state index in [9.17, 15) is 4.79 Å². The zero-order valence-electron chi connectivity index (χ0n) is 23.9. The third-order valence-electron chi connectivity index (χ3n) is 6.32. The van der Waals surface area contributed by atoms with Crippen LogP contribution in [0.1, 0.15) is 157 Å². The largest absolute Gasteiger partial charge is 0.462 e.